The Hall–Kier alpha value is -3.13. The number of para-hydroxylation sites is 3. The van der Waals surface area contributed by atoms with E-state index in [1.807, 2.05) is 0 Å². The van der Waals surface area contributed by atoms with E-state index in [0.717, 1.165) is 0 Å². The summed E-state index contributed by atoms with van der Waals surface area (Å²) in [5.74, 6) is -1.02. The lowest BCUT2D eigenvalue weighted by atomic mass is 10.2. The molecular formula is C18H18ClN3O5. The lowest BCUT2D eigenvalue weighted by Crippen LogP contribution is -2.21. The van der Waals surface area contributed by atoms with E-state index in [4.69, 9.17) is 16.3 Å². The largest absolute Gasteiger partial charge is 0.456 e. The van der Waals surface area contributed by atoms with E-state index in [-0.39, 0.29) is 12.1 Å². The molecule has 0 unspecified atom stereocenters. The molecule has 0 radical (unpaired) electrons. The molecule has 9 heteroatoms. The maximum absolute atomic E-state index is 11.8. The number of rotatable bonds is 9. The standard InChI is InChI=1S/C18H18ClN3O5/c19-13-6-1-2-7-14(13)21-17(23)12-27-18(24)10-5-11-20-15-8-3-4-9-16(15)22(25)26/h1-4,6-9,20H,5,10-12H2,(H,21,23). The van der Waals surface area contributed by atoms with Crippen molar-refractivity contribution in [3.63, 3.8) is 0 Å². The van der Waals surface area contributed by atoms with Crippen LogP contribution < -0.4 is 10.6 Å². The first-order chi connectivity index (χ1) is 13.0. The number of ether oxygens (including phenoxy) is 1. The van der Waals surface area contributed by atoms with Crippen molar-refractivity contribution in [2.45, 2.75) is 12.8 Å². The molecule has 0 aliphatic carbocycles. The average Bonchev–Trinajstić information content (AvgIpc) is 2.65. The molecule has 0 spiro atoms. The first-order valence-electron chi connectivity index (χ1n) is 8.14. The Morgan fingerprint density at radius 2 is 1.74 bits per heavy atom. The van der Waals surface area contributed by atoms with Crippen LogP contribution in [0.2, 0.25) is 5.02 Å². The third-order valence-electron chi connectivity index (χ3n) is 3.49. The number of nitrogens with one attached hydrogen (secondary N) is 2. The minimum Gasteiger partial charge on any atom is -0.456 e. The van der Waals surface area contributed by atoms with Gasteiger partial charge in [0.25, 0.3) is 11.6 Å². The molecule has 27 heavy (non-hydrogen) atoms. The number of carbonyl (C=O) groups is 2. The molecule has 0 bridgehead atoms. The summed E-state index contributed by atoms with van der Waals surface area (Å²) >= 11 is 5.93. The molecule has 0 saturated heterocycles. The summed E-state index contributed by atoms with van der Waals surface area (Å²) in [7, 11) is 0. The molecule has 0 atom stereocenters. The molecule has 0 fully saturated rings. The molecule has 2 N–H and O–H groups in total. The van der Waals surface area contributed by atoms with Crippen LogP contribution in [0.15, 0.2) is 48.5 Å². The molecule has 2 rings (SSSR count). The number of nitro groups is 1. The van der Waals surface area contributed by atoms with Crippen LogP contribution in [-0.2, 0) is 14.3 Å². The number of benzene rings is 2. The smallest absolute Gasteiger partial charge is 0.306 e. The maximum Gasteiger partial charge on any atom is 0.306 e. The summed E-state index contributed by atoms with van der Waals surface area (Å²) in [4.78, 5) is 33.9. The van der Waals surface area contributed by atoms with Gasteiger partial charge < -0.3 is 15.4 Å². The Labute approximate surface area is 160 Å². The number of amides is 1. The topological polar surface area (TPSA) is 111 Å². The fourth-order valence-corrected chi connectivity index (χ4v) is 2.39. The summed E-state index contributed by atoms with van der Waals surface area (Å²) < 4.78 is 4.90. The first-order valence-corrected chi connectivity index (χ1v) is 8.52. The van der Waals surface area contributed by atoms with E-state index in [9.17, 15) is 19.7 Å². The number of hydrogen-bond acceptors (Lipinski definition) is 6. The third kappa shape index (κ3) is 6.59. The monoisotopic (exact) mass is 391 g/mol. The summed E-state index contributed by atoms with van der Waals surface area (Å²) in [5, 5.41) is 16.8. The second-order valence-corrected chi connectivity index (χ2v) is 5.90. The highest BCUT2D eigenvalue weighted by Gasteiger charge is 2.12. The molecule has 2 aromatic rings. The van der Waals surface area contributed by atoms with E-state index in [1.54, 1.807) is 42.5 Å². The normalized spacial score (nSPS) is 10.1. The Balaban J connectivity index is 1.67. The fraction of sp³-hybridized carbons (Fsp3) is 0.222. The highest BCUT2D eigenvalue weighted by Crippen LogP contribution is 2.23. The Bertz CT molecular complexity index is 828. The molecule has 8 nitrogen and oxygen atoms in total. The van der Waals surface area contributed by atoms with Gasteiger partial charge in [-0.3, -0.25) is 19.7 Å². The third-order valence-corrected chi connectivity index (χ3v) is 3.82. The molecule has 2 aromatic carbocycles. The number of carbonyl (C=O) groups excluding carboxylic acids is 2. The summed E-state index contributed by atoms with van der Waals surface area (Å²) in [6.45, 7) is -0.0621. The quantitative estimate of drug-likeness (QED) is 0.292. The Morgan fingerprint density at radius 3 is 2.44 bits per heavy atom. The van der Waals surface area contributed by atoms with Crippen molar-refractivity contribution in [3.05, 3.63) is 63.7 Å². The lowest BCUT2D eigenvalue weighted by Gasteiger charge is -2.08. The van der Waals surface area contributed by atoms with E-state index in [1.165, 1.54) is 6.07 Å². The van der Waals surface area contributed by atoms with Gasteiger partial charge in [-0.1, -0.05) is 35.9 Å². The average molecular weight is 392 g/mol. The van der Waals surface area contributed by atoms with Crippen molar-refractivity contribution in [2.75, 3.05) is 23.8 Å². The van der Waals surface area contributed by atoms with Gasteiger partial charge in [0.05, 0.1) is 15.6 Å². The van der Waals surface area contributed by atoms with Crippen LogP contribution in [0.3, 0.4) is 0 Å². The van der Waals surface area contributed by atoms with Crippen molar-refractivity contribution in [1.82, 2.24) is 0 Å². The van der Waals surface area contributed by atoms with Crippen molar-refractivity contribution in [3.8, 4) is 0 Å². The zero-order valence-electron chi connectivity index (χ0n) is 14.3. The Morgan fingerprint density at radius 1 is 1.07 bits per heavy atom. The molecule has 0 saturated carbocycles. The van der Waals surface area contributed by atoms with Crippen molar-refractivity contribution < 1.29 is 19.2 Å². The van der Waals surface area contributed by atoms with Crippen LogP contribution >= 0.6 is 11.6 Å². The van der Waals surface area contributed by atoms with E-state index >= 15 is 0 Å². The molecule has 1 amide bonds. The number of anilines is 2. The van der Waals surface area contributed by atoms with Crippen molar-refractivity contribution in [1.29, 1.82) is 0 Å². The molecule has 0 heterocycles. The van der Waals surface area contributed by atoms with Crippen LogP contribution in [0.4, 0.5) is 17.1 Å². The number of nitrogens with zero attached hydrogens (tertiary/aromatic N) is 1. The maximum atomic E-state index is 11.8. The van der Waals surface area contributed by atoms with Crippen LogP contribution in [0.1, 0.15) is 12.8 Å². The van der Waals surface area contributed by atoms with E-state index in [2.05, 4.69) is 10.6 Å². The molecule has 0 aliphatic rings. The van der Waals surface area contributed by atoms with Gasteiger partial charge in [-0.15, -0.1) is 0 Å². The number of nitro benzene ring substituents is 1. The van der Waals surface area contributed by atoms with Gasteiger partial charge in [0.2, 0.25) is 0 Å². The van der Waals surface area contributed by atoms with Crippen LogP contribution in [-0.4, -0.2) is 30.0 Å². The van der Waals surface area contributed by atoms with Gasteiger partial charge in [-0.05, 0) is 24.6 Å². The minimum atomic E-state index is -0.534. The first kappa shape index (κ1) is 20.2. The van der Waals surface area contributed by atoms with Gasteiger partial charge in [-0.2, -0.15) is 0 Å². The van der Waals surface area contributed by atoms with Crippen molar-refractivity contribution >= 4 is 40.5 Å². The zero-order valence-corrected chi connectivity index (χ0v) is 15.1. The van der Waals surface area contributed by atoms with Gasteiger partial charge in [0, 0.05) is 19.0 Å². The molecule has 142 valence electrons. The van der Waals surface area contributed by atoms with Gasteiger partial charge >= 0.3 is 5.97 Å². The Kier molecular flexibility index (Phi) is 7.57. The SMILES string of the molecule is O=C(COC(=O)CCCNc1ccccc1[N+](=O)[O-])Nc1ccccc1Cl. The molecular weight excluding hydrogens is 374 g/mol. The lowest BCUT2D eigenvalue weighted by molar-refractivity contribution is -0.384. The van der Waals surface area contributed by atoms with Gasteiger partial charge in [-0.25, -0.2) is 0 Å². The minimum absolute atomic E-state index is 0.0312. The van der Waals surface area contributed by atoms with E-state index in [0.29, 0.717) is 29.4 Å². The number of hydrogen-bond donors (Lipinski definition) is 2. The van der Waals surface area contributed by atoms with Crippen LogP contribution in [0, 0.1) is 10.1 Å². The molecule has 0 aliphatic heterocycles. The predicted molar refractivity (Wildman–Crippen MR) is 102 cm³/mol. The summed E-state index contributed by atoms with van der Waals surface area (Å²) in [5.41, 5.74) is 0.792. The van der Waals surface area contributed by atoms with Gasteiger partial charge in [0.1, 0.15) is 5.69 Å². The van der Waals surface area contributed by atoms with E-state index < -0.39 is 23.4 Å². The number of halogens is 1. The predicted octanol–water partition coefficient (Wildman–Crippen LogP) is 3.62. The summed E-state index contributed by atoms with van der Waals surface area (Å²) in [6.07, 6.45) is 0.476. The highest BCUT2D eigenvalue weighted by molar-refractivity contribution is 6.33. The fourth-order valence-electron chi connectivity index (χ4n) is 2.21. The second-order valence-electron chi connectivity index (χ2n) is 5.49. The highest BCUT2D eigenvalue weighted by atomic mass is 35.5. The summed E-state index contributed by atoms with van der Waals surface area (Å²) in [6, 6.07) is 13.0. The second kappa shape index (κ2) is 10.1. The van der Waals surface area contributed by atoms with Crippen LogP contribution in [0.5, 0.6) is 0 Å². The van der Waals surface area contributed by atoms with Gasteiger partial charge in [0.15, 0.2) is 6.61 Å². The molecule has 0 aromatic heterocycles. The number of esters is 1. The van der Waals surface area contributed by atoms with Crippen molar-refractivity contribution in [2.24, 2.45) is 0 Å². The van der Waals surface area contributed by atoms with Crippen LogP contribution in [0.25, 0.3) is 0 Å². The zero-order chi connectivity index (χ0) is 19.6.